The lowest BCUT2D eigenvalue weighted by Gasteiger charge is -2.37. The van der Waals surface area contributed by atoms with E-state index in [4.69, 9.17) is 27.9 Å². The quantitative estimate of drug-likeness (QED) is 0.354. The van der Waals surface area contributed by atoms with E-state index in [0.717, 1.165) is 17.8 Å². The number of benzene rings is 2. The van der Waals surface area contributed by atoms with Crippen LogP contribution in [0, 0.1) is 10.1 Å². The minimum absolute atomic E-state index is 0.0623. The molecule has 2 aromatic carbocycles. The molecule has 0 saturated carbocycles. The van der Waals surface area contributed by atoms with Crippen molar-refractivity contribution in [3.05, 3.63) is 62.1 Å². The van der Waals surface area contributed by atoms with Crippen molar-refractivity contribution in [2.24, 2.45) is 0 Å². The number of hydrogen-bond donors (Lipinski definition) is 0. The number of anilines is 2. The molecule has 2 saturated heterocycles. The summed E-state index contributed by atoms with van der Waals surface area (Å²) in [5, 5.41) is 11.9. The summed E-state index contributed by atoms with van der Waals surface area (Å²) >= 11 is 12.1. The first-order chi connectivity index (χ1) is 17.5. The second-order valence-electron chi connectivity index (χ2n) is 8.92. The molecule has 2 aromatic rings. The van der Waals surface area contributed by atoms with Crippen LogP contribution in [0.15, 0.2) is 36.4 Å². The Hall–Kier alpha value is -2.76. The number of piperidine rings is 1. The Balaban J connectivity index is 1.24. The number of rotatable bonds is 6. The zero-order chi connectivity index (χ0) is 26.7. The average Bonchev–Trinajstić information content (AvgIpc) is 2.88. The lowest BCUT2D eigenvalue weighted by Crippen LogP contribution is -2.50. The lowest BCUT2D eigenvalue weighted by atomic mass is 10.1. The van der Waals surface area contributed by atoms with E-state index >= 15 is 0 Å². The number of halogens is 5. The Bertz CT molecular complexity index is 1150. The van der Waals surface area contributed by atoms with Gasteiger partial charge in [-0.05, 0) is 43.2 Å². The number of amides is 1. The van der Waals surface area contributed by atoms with Gasteiger partial charge in [0.15, 0.2) is 0 Å². The van der Waals surface area contributed by atoms with Gasteiger partial charge in [-0.3, -0.25) is 14.9 Å². The Labute approximate surface area is 221 Å². The average molecular weight is 561 g/mol. The summed E-state index contributed by atoms with van der Waals surface area (Å²) < 4.78 is 45.7. The summed E-state index contributed by atoms with van der Waals surface area (Å²) in [6.45, 7) is 3.15. The summed E-state index contributed by atoms with van der Waals surface area (Å²) in [6.07, 6.45) is -3.97. The number of carbonyl (C=O) groups excluding carboxylic acids is 1. The van der Waals surface area contributed by atoms with Crippen molar-refractivity contribution in [3.8, 4) is 0 Å². The molecule has 200 valence electrons. The van der Waals surface area contributed by atoms with Crippen LogP contribution < -0.4 is 9.80 Å². The second-order valence-corrected chi connectivity index (χ2v) is 9.73. The first kappa shape index (κ1) is 27.3. The van der Waals surface area contributed by atoms with Crippen LogP contribution in [0.25, 0.3) is 0 Å². The summed E-state index contributed by atoms with van der Waals surface area (Å²) in [5.74, 6) is -0.110. The number of ether oxygens (including phenoxy) is 1. The molecule has 4 rings (SSSR count). The zero-order valence-corrected chi connectivity index (χ0v) is 21.2. The molecule has 0 spiro atoms. The van der Waals surface area contributed by atoms with E-state index in [1.165, 1.54) is 6.07 Å². The molecule has 8 nitrogen and oxygen atoms in total. The van der Waals surface area contributed by atoms with Gasteiger partial charge in [-0.25, -0.2) is 0 Å². The highest BCUT2D eigenvalue weighted by molar-refractivity contribution is 6.42. The predicted molar refractivity (Wildman–Crippen MR) is 135 cm³/mol. The Morgan fingerprint density at radius 3 is 2.14 bits per heavy atom. The molecule has 2 aliphatic heterocycles. The first-order valence-corrected chi connectivity index (χ1v) is 12.5. The SMILES string of the molecule is O=C(COC1CCN(c2ccc([N+](=O)[O-])c(C(F)(F)F)c2)CC1)N1CCN(c2ccc(Cl)c(Cl)c2)CC1. The molecule has 0 unspecified atom stereocenters. The minimum atomic E-state index is -4.83. The van der Waals surface area contributed by atoms with Gasteiger partial charge in [0.2, 0.25) is 5.91 Å². The molecule has 0 radical (unpaired) electrons. The van der Waals surface area contributed by atoms with Gasteiger partial charge >= 0.3 is 6.18 Å². The van der Waals surface area contributed by atoms with Crippen LogP contribution in [0.2, 0.25) is 10.0 Å². The van der Waals surface area contributed by atoms with E-state index < -0.39 is 22.4 Å². The molecule has 0 aromatic heterocycles. The fourth-order valence-electron chi connectivity index (χ4n) is 4.56. The van der Waals surface area contributed by atoms with Crippen LogP contribution in [-0.2, 0) is 15.7 Å². The van der Waals surface area contributed by atoms with Gasteiger partial charge in [-0.2, -0.15) is 13.2 Å². The van der Waals surface area contributed by atoms with Crippen molar-refractivity contribution >= 4 is 46.2 Å². The third kappa shape index (κ3) is 6.58. The number of nitrogens with zero attached hydrogens (tertiary/aromatic N) is 4. The van der Waals surface area contributed by atoms with E-state index in [2.05, 4.69) is 4.90 Å². The van der Waals surface area contributed by atoms with Gasteiger partial charge in [0.05, 0.1) is 21.1 Å². The lowest BCUT2D eigenvalue weighted by molar-refractivity contribution is -0.388. The maximum atomic E-state index is 13.3. The highest BCUT2D eigenvalue weighted by atomic mass is 35.5. The van der Waals surface area contributed by atoms with Crippen molar-refractivity contribution in [3.63, 3.8) is 0 Å². The van der Waals surface area contributed by atoms with Crippen LogP contribution in [0.4, 0.5) is 30.2 Å². The van der Waals surface area contributed by atoms with Gasteiger partial charge < -0.3 is 19.4 Å². The van der Waals surface area contributed by atoms with Gasteiger partial charge in [-0.15, -0.1) is 0 Å². The van der Waals surface area contributed by atoms with Crippen LogP contribution >= 0.6 is 23.2 Å². The summed E-state index contributed by atoms with van der Waals surface area (Å²) in [7, 11) is 0. The van der Waals surface area contributed by atoms with E-state index in [9.17, 15) is 28.1 Å². The maximum absolute atomic E-state index is 13.3. The second kappa shape index (κ2) is 11.3. The molecule has 2 heterocycles. The van der Waals surface area contributed by atoms with Crippen LogP contribution in [0.3, 0.4) is 0 Å². The number of carbonyl (C=O) groups is 1. The molecule has 0 N–H and O–H groups in total. The molecule has 0 bridgehead atoms. The van der Waals surface area contributed by atoms with Crippen molar-refractivity contribution in [1.82, 2.24) is 4.90 Å². The monoisotopic (exact) mass is 560 g/mol. The standard InChI is InChI=1S/C24H25Cl2F3N4O4/c25-20-3-1-17(14-21(20)26)31-9-11-32(12-10-31)23(34)15-37-18-5-7-30(8-6-18)16-2-4-22(33(35)36)19(13-16)24(27,28)29/h1-4,13-14,18H,5-12,15H2. The van der Waals surface area contributed by atoms with E-state index in [0.29, 0.717) is 62.2 Å². The molecule has 1 amide bonds. The molecular weight excluding hydrogens is 536 g/mol. The third-order valence-electron chi connectivity index (χ3n) is 6.63. The normalized spacial score (nSPS) is 17.3. The highest BCUT2D eigenvalue weighted by Crippen LogP contribution is 2.38. The number of nitro groups is 1. The topological polar surface area (TPSA) is 79.2 Å². The summed E-state index contributed by atoms with van der Waals surface area (Å²) in [6, 6.07) is 8.48. The summed E-state index contributed by atoms with van der Waals surface area (Å²) in [4.78, 5) is 28.2. The van der Waals surface area contributed by atoms with E-state index in [1.54, 1.807) is 21.9 Å². The number of hydrogen-bond acceptors (Lipinski definition) is 6. The molecule has 2 aliphatic rings. The molecular formula is C24H25Cl2F3N4O4. The Morgan fingerprint density at radius 2 is 1.54 bits per heavy atom. The van der Waals surface area contributed by atoms with Crippen molar-refractivity contribution in [2.75, 3.05) is 55.7 Å². The van der Waals surface area contributed by atoms with Gasteiger partial charge in [0, 0.05) is 56.7 Å². The van der Waals surface area contributed by atoms with E-state index in [-0.39, 0.29) is 24.3 Å². The largest absolute Gasteiger partial charge is 0.423 e. The molecule has 13 heteroatoms. The molecule has 37 heavy (non-hydrogen) atoms. The number of alkyl halides is 3. The van der Waals surface area contributed by atoms with Gasteiger partial charge in [0.1, 0.15) is 12.2 Å². The zero-order valence-electron chi connectivity index (χ0n) is 19.7. The minimum Gasteiger partial charge on any atom is -0.371 e. The Morgan fingerprint density at radius 1 is 0.946 bits per heavy atom. The number of nitro benzene ring substituents is 1. The smallest absolute Gasteiger partial charge is 0.371 e. The van der Waals surface area contributed by atoms with Crippen LogP contribution in [-0.4, -0.2) is 67.7 Å². The van der Waals surface area contributed by atoms with Gasteiger partial charge in [-0.1, -0.05) is 23.2 Å². The van der Waals surface area contributed by atoms with Crippen LogP contribution in [0.5, 0.6) is 0 Å². The summed E-state index contributed by atoms with van der Waals surface area (Å²) in [5.41, 5.74) is -1.02. The van der Waals surface area contributed by atoms with Crippen molar-refractivity contribution < 1.29 is 27.6 Å². The fraction of sp³-hybridized carbons (Fsp3) is 0.458. The van der Waals surface area contributed by atoms with Crippen molar-refractivity contribution in [1.29, 1.82) is 0 Å². The van der Waals surface area contributed by atoms with Gasteiger partial charge in [0.25, 0.3) is 5.69 Å². The Kier molecular flexibility index (Phi) is 8.35. The van der Waals surface area contributed by atoms with E-state index in [1.807, 2.05) is 6.07 Å². The molecule has 2 fully saturated rings. The maximum Gasteiger partial charge on any atom is 0.423 e. The number of piperazine rings is 1. The fourth-order valence-corrected chi connectivity index (χ4v) is 4.86. The van der Waals surface area contributed by atoms with Crippen molar-refractivity contribution in [2.45, 2.75) is 25.1 Å². The predicted octanol–water partition coefficient (Wildman–Crippen LogP) is 5.25. The van der Waals surface area contributed by atoms with Crippen LogP contribution in [0.1, 0.15) is 18.4 Å². The highest BCUT2D eigenvalue weighted by Gasteiger charge is 2.39. The third-order valence-corrected chi connectivity index (χ3v) is 7.37. The molecule has 0 atom stereocenters. The molecule has 0 aliphatic carbocycles. The first-order valence-electron chi connectivity index (χ1n) is 11.7.